The van der Waals surface area contributed by atoms with E-state index in [9.17, 15) is 0 Å². The third-order valence-electron chi connectivity index (χ3n) is 2.62. The van der Waals surface area contributed by atoms with Gasteiger partial charge in [0.2, 0.25) is 0 Å². The van der Waals surface area contributed by atoms with Crippen LogP contribution < -0.4 is 11.1 Å². The van der Waals surface area contributed by atoms with Crippen LogP contribution in [0.4, 0.5) is 0 Å². The Hall–Kier alpha value is -0.0400. The van der Waals surface area contributed by atoms with Crippen molar-refractivity contribution >= 4 is 29.9 Å². The van der Waals surface area contributed by atoms with E-state index in [0.29, 0.717) is 12.0 Å². The van der Waals surface area contributed by atoms with Gasteiger partial charge in [0.1, 0.15) is 0 Å². The molecule has 3 N–H and O–H groups in total. The highest BCUT2D eigenvalue weighted by atomic mass is 127. The van der Waals surface area contributed by atoms with Crippen LogP contribution in [-0.4, -0.2) is 43.6 Å². The maximum Gasteiger partial charge on any atom is 0.188 e. The quantitative estimate of drug-likeness (QED) is 0.420. The molecule has 0 bridgehead atoms. The van der Waals surface area contributed by atoms with E-state index in [2.05, 4.69) is 43.0 Å². The van der Waals surface area contributed by atoms with Gasteiger partial charge in [-0.25, -0.2) is 0 Å². The van der Waals surface area contributed by atoms with Gasteiger partial charge in [-0.1, -0.05) is 13.8 Å². The molecule has 16 heavy (non-hydrogen) atoms. The van der Waals surface area contributed by atoms with Crippen LogP contribution >= 0.6 is 24.0 Å². The molecule has 1 unspecified atom stereocenters. The van der Waals surface area contributed by atoms with Crippen molar-refractivity contribution < 1.29 is 0 Å². The minimum absolute atomic E-state index is 0. The summed E-state index contributed by atoms with van der Waals surface area (Å²) in [6.07, 6.45) is 2.21. The summed E-state index contributed by atoms with van der Waals surface area (Å²) in [5.74, 6) is 0.564. The van der Waals surface area contributed by atoms with Crippen molar-refractivity contribution in [3.05, 3.63) is 0 Å². The van der Waals surface area contributed by atoms with Gasteiger partial charge >= 0.3 is 0 Å². The lowest BCUT2D eigenvalue weighted by molar-refractivity contribution is 0.256. The third kappa shape index (κ3) is 9.21. The van der Waals surface area contributed by atoms with E-state index >= 15 is 0 Å². The molecule has 5 heteroatoms. The monoisotopic (exact) mass is 342 g/mol. The SMILES string of the molecule is CCCN=C(N)NCCN(C)C(C)CC.I. The number of aliphatic imine (C=N–C) groups is 1. The summed E-state index contributed by atoms with van der Waals surface area (Å²) in [5, 5.41) is 3.11. The van der Waals surface area contributed by atoms with Crippen molar-refractivity contribution in [1.29, 1.82) is 0 Å². The van der Waals surface area contributed by atoms with E-state index < -0.39 is 0 Å². The first kappa shape index (κ1) is 18.3. The molecule has 0 aromatic rings. The minimum atomic E-state index is 0. The third-order valence-corrected chi connectivity index (χ3v) is 2.62. The summed E-state index contributed by atoms with van der Waals surface area (Å²) in [6, 6.07) is 0.626. The first-order chi connectivity index (χ1) is 7.11. The Kier molecular flexibility index (Phi) is 13.1. The predicted octanol–water partition coefficient (Wildman–Crippen LogP) is 1.65. The van der Waals surface area contributed by atoms with Crippen molar-refractivity contribution in [2.24, 2.45) is 10.7 Å². The molecule has 0 saturated carbocycles. The van der Waals surface area contributed by atoms with E-state index in [1.54, 1.807) is 0 Å². The molecule has 0 aromatic carbocycles. The van der Waals surface area contributed by atoms with Gasteiger partial charge in [0.25, 0.3) is 0 Å². The zero-order valence-electron chi connectivity index (χ0n) is 11.0. The van der Waals surface area contributed by atoms with Crippen LogP contribution in [0, 0.1) is 0 Å². The Balaban J connectivity index is 0. The Morgan fingerprint density at radius 3 is 2.56 bits per heavy atom. The van der Waals surface area contributed by atoms with Crippen LogP contribution in [-0.2, 0) is 0 Å². The van der Waals surface area contributed by atoms with Gasteiger partial charge in [0, 0.05) is 25.7 Å². The van der Waals surface area contributed by atoms with Crippen LogP contribution in [0.2, 0.25) is 0 Å². The van der Waals surface area contributed by atoms with Crippen LogP contribution in [0.3, 0.4) is 0 Å². The summed E-state index contributed by atoms with van der Waals surface area (Å²) in [6.45, 7) is 9.19. The van der Waals surface area contributed by atoms with E-state index in [4.69, 9.17) is 5.73 Å². The molecule has 0 aromatic heterocycles. The topological polar surface area (TPSA) is 53.6 Å². The van der Waals surface area contributed by atoms with Gasteiger partial charge in [-0.3, -0.25) is 4.99 Å². The first-order valence-electron chi connectivity index (χ1n) is 5.85. The second kappa shape index (κ2) is 11.4. The molecule has 98 valence electrons. The van der Waals surface area contributed by atoms with Crippen molar-refractivity contribution in [3.63, 3.8) is 0 Å². The molecule has 4 nitrogen and oxygen atoms in total. The zero-order chi connectivity index (χ0) is 11.7. The van der Waals surface area contributed by atoms with Gasteiger partial charge in [0.15, 0.2) is 5.96 Å². The lowest BCUT2D eigenvalue weighted by atomic mass is 10.2. The number of halogens is 1. The minimum Gasteiger partial charge on any atom is -0.370 e. The number of hydrogen-bond donors (Lipinski definition) is 2. The summed E-state index contributed by atoms with van der Waals surface area (Å²) in [5.41, 5.74) is 5.67. The smallest absolute Gasteiger partial charge is 0.188 e. The molecule has 0 aliphatic heterocycles. The second-order valence-electron chi connectivity index (χ2n) is 3.93. The summed E-state index contributed by atoms with van der Waals surface area (Å²) in [4.78, 5) is 6.49. The fourth-order valence-corrected chi connectivity index (χ4v) is 1.18. The van der Waals surface area contributed by atoms with Crippen molar-refractivity contribution in [1.82, 2.24) is 10.2 Å². The van der Waals surface area contributed by atoms with Gasteiger partial charge < -0.3 is 16.0 Å². The number of likely N-dealkylation sites (N-methyl/N-ethyl adjacent to an activating group) is 1. The molecular formula is C11H27IN4. The summed E-state index contributed by atoms with van der Waals surface area (Å²) >= 11 is 0. The molecule has 0 aliphatic carbocycles. The van der Waals surface area contributed by atoms with Crippen molar-refractivity contribution in [3.8, 4) is 0 Å². The molecule has 0 saturated heterocycles. The average Bonchev–Trinajstić information content (AvgIpc) is 2.24. The lowest BCUT2D eigenvalue weighted by Gasteiger charge is -2.23. The summed E-state index contributed by atoms with van der Waals surface area (Å²) in [7, 11) is 2.13. The van der Waals surface area contributed by atoms with Gasteiger partial charge in [-0.15, -0.1) is 24.0 Å². The largest absolute Gasteiger partial charge is 0.370 e. The van der Waals surface area contributed by atoms with Crippen molar-refractivity contribution in [2.45, 2.75) is 39.7 Å². The van der Waals surface area contributed by atoms with Crippen LogP contribution in [0.15, 0.2) is 4.99 Å². The van der Waals surface area contributed by atoms with E-state index in [-0.39, 0.29) is 24.0 Å². The molecule has 0 radical (unpaired) electrons. The molecule has 0 amide bonds. The number of rotatable bonds is 7. The molecule has 0 spiro atoms. The maximum absolute atomic E-state index is 5.67. The first-order valence-corrected chi connectivity index (χ1v) is 5.85. The van der Waals surface area contributed by atoms with Crippen LogP contribution in [0.25, 0.3) is 0 Å². The normalized spacial score (nSPS) is 13.4. The fraction of sp³-hybridized carbons (Fsp3) is 0.909. The molecule has 0 heterocycles. The Morgan fingerprint density at radius 1 is 1.44 bits per heavy atom. The maximum atomic E-state index is 5.67. The van der Waals surface area contributed by atoms with Crippen LogP contribution in [0.5, 0.6) is 0 Å². The molecule has 0 fully saturated rings. The highest BCUT2D eigenvalue weighted by Gasteiger charge is 2.05. The van der Waals surface area contributed by atoms with Gasteiger partial charge in [0.05, 0.1) is 0 Å². The predicted molar refractivity (Wildman–Crippen MR) is 82.6 cm³/mol. The Bertz CT molecular complexity index is 185. The molecule has 0 aliphatic rings. The number of nitrogens with zero attached hydrogens (tertiary/aromatic N) is 2. The second-order valence-corrected chi connectivity index (χ2v) is 3.93. The highest BCUT2D eigenvalue weighted by molar-refractivity contribution is 14.0. The van der Waals surface area contributed by atoms with Gasteiger partial charge in [-0.05, 0) is 26.8 Å². The average molecular weight is 342 g/mol. The van der Waals surface area contributed by atoms with Crippen molar-refractivity contribution in [2.75, 3.05) is 26.7 Å². The highest BCUT2D eigenvalue weighted by Crippen LogP contribution is 1.97. The van der Waals surface area contributed by atoms with E-state index in [0.717, 1.165) is 26.1 Å². The standard InChI is InChI=1S/C11H26N4.HI/c1-5-7-13-11(12)14-8-9-15(4)10(3)6-2;/h10H,5-9H2,1-4H3,(H3,12,13,14);1H. The van der Waals surface area contributed by atoms with Crippen LogP contribution in [0.1, 0.15) is 33.6 Å². The summed E-state index contributed by atoms with van der Waals surface area (Å²) < 4.78 is 0. The van der Waals surface area contributed by atoms with E-state index in [1.165, 1.54) is 6.42 Å². The Morgan fingerprint density at radius 2 is 2.06 bits per heavy atom. The number of hydrogen-bond acceptors (Lipinski definition) is 2. The molecule has 0 rings (SSSR count). The molecule has 1 atom stereocenters. The molecular weight excluding hydrogens is 315 g/mol. The number of nitrogens with two attached hydrogens (primary N) is 1. The van der Waals surface area contributed by atoms with E-state index in [1.807, 2.05) is 0 Å². The lowest BCUT2D eigenvalue weighted by Crippen LogP contribution is -2.39. The fourth-order valence-electron chi connectivity index (χ4n) is 1.18. The zero-order valence-corrected chi connectivity index (χ0v) is 13.3. The van der Waals surface area contributed by atoms with Gasteiger partial charge in [-0.2, -0.15) is 0 Å². The number of nitrogens with one attached hydrogen (secondary N) is 1. The Labute approximate surface area is 117 Å². The number of guanidine groups is 1.